The summed E-state index contributed by atoms with van der Waals surface area (Å²) in [5.41, 5.74) is 0.389. The average molecular weight is 347 g/mol. The number of hydrogen-bond donors (Lipinski definition) is 1. The Morgan fingerprint density at radius 1 is 1.24 bits per heavy atom. The predicted octanol–water partition coefficient (Wildman–Crippen LogP) is 3.72. The van der Waals surface area contributed by atoms with Gasteiger partial charge < -0.3 is 10.2 Å². The van der Waals surface area contributed by atoms with Crippen molar-refractivity contribution in [3.05, 3.63) is 65.2 Å². The lowest BCUT2D eigenvalue weighted by atomic mass is 10.2. The van der Waals surface area contributed by atoms with E-state index < -0.39 is 17.6 Å². The molecule has 0 spiro atoms. The number of benzene rings is 2. The van der Waals surface area contributed by atoms with Crippen LogP contribution in [0.4, 0.5) is 18.9 Å². The number of hydrogen-bond acceptors (Lipinski definition) is 4. The molecule has 0 bridgehead atoms. The van der Waals surface area contributed by atoms with Crippen LogP contribution in [0.15, 0.2) is 53.7 Å². The summed E-state index contributed by atoms with van der Waals surface area (Å²) in [4.78, 5) is 16.5. The van der Waals surface area contributed by atoms with E-state index in [-0.39, 0.29) is 12.3 Å². The van der Waals surface area contributed by atoms with E-state index in [0.29, 0.717) is 5.56 Å². The van der Waals surface area contributed by atoms with Crippen molar-refractivity contribution in [2.45, 2.75) is 12.8 Å². The lowest BCUT2D eigenvalue weighted by Crippen LogP contribution is -2.14. The third-order valence-electron chi connectivity index (χ3n) is 3.02. The highest BCUT2D eigenvalue weighted by molar-refractivity contribution is 6.31. The van der Waals surface area contributed by atoms with E-state index in [0.717, 1.165) is 23.9 Å². The highest BCUT2D eigenvalue weighted by Gasteiger charge is 2.30. The molecule has 0 saturated heterocycles. The molecule has 0 radical (unpaired) electrons. The molecule has 2 aromatic rings. The number of carbonyl (C=O) groups excluding carboxylic acids is 1. The first-order valence-electron chi connectivity index (χ1n) is 7.01. The normalized spacial score (nSPS) is 11.1. The van der Waals surface area contributed by atoms with Gasteiger partial charge in [0, 0.05) is 5.69 Å². The zero-order chi connectivity index (χ0) is 18.3. The van der Waals surface area contributed by atoms with Gasteiger partial charge in [0.25, 0.3) is 5.91 Å². The maximum Gasteiger partial charge on any atom is 0.416 e. The van der Waals surface area contributed by atoms with Crippen LogP contribution in [0, 0.1) is 11.3 Å². The van der Waals surface area contributed by atoms with Gasteiger partial charge in [-0.1, -0.05) is 23.4 Å². The second-order valence-corrected chi connectivity index (χ2v) is 4.88. The Labute approximate surface area is 141 Å². The van der Waals surface area contributed by atoms with Crippen LogP contribution in [0.5, 0.6) is 0 Å². The van der Waals surface area contributed by atoms with E-state index in [9.17, 15) is 18.0 Å². The minimum Gasteiger partial charge on any atom is -0.391 e. The van der Waals surface area contributed by atoms with Crippen molar-refractivity contribution < 1.29 is 22.8 Å². The summed E-state index contributed by atoms with van der Waals surface area (Å²) in [6.45, 7) is 0.0824. The molecule has 2 aromatic carbocycles. The van der Waals surface area contributed by atoms with Crippen LogP contribution in [-0.4, -0.2) is 12.1 Å². The molecule has 0 aromatic heterocycles. The quantitative estimate of drug-likeness (QED) is 0.662. The number of nitrogens with zero attached hydrogens (tertiary/aromatic N) is 2. The molecule has 0 fully saturated rings. The molecule has 128 valence electrons. The van der Waals surface area contributed by atoms with Gasteiger partial charge in [0.1, 0.15) is 12.8 Å². The van der Waals surface area contributed by atoms with Crippen molar-refractivity contribution in [1.29, 1.82) is 5.26 Å². The fourth-order valence-corrected chi connectivity index (χ4v) is 1.82. The first-order valence-corrected chi connectivity index (χ1v) is 7.01. The minimum absolute atomic E-state index is 0.00151. The standard InChI is InChI=1S/C17H12F3N3O2/c18-17(19,20)14-2-1-3-15(8-14)23-16(24)10-22-25-11-13-6-4-12(9-21)5-7-13/h1-8,10H,11H2,(H,23,24). The Hall–Kier alpha value is -3.34. The smallest absolute Gasteiger partial charge is 0.391 e. The number of rotatable bonds is 5. The minimum atomic E-state index is -4.49. The third-order valence-corrected chi connectivity index (χ3v) is 3.02. The second kappa shape index (κ2) is 7.97. The summed E-state index contributed by atoms with van der Waals surface area (Å²) < 4.78 is 37.8. The fraction of sp³-hybridized carbons (Fsp3) is 0.118. The van der Waals surface area contributed by atoms with Crippen molar-refractivity contribution in [2.75, 3.05) is 5.32 Å². The number of halogens is 3. The lowest BCUT2D eigenvalue weighted by molar-refractivity contribution is -0.137. The van der Waals surface area contributed by atoms with Gasteiger partial charge in [-0.15, -0.1) is 0 Å². The van der Waals surface area contributed by atoms with E-state index in [2.05, 4.69) is 10.5 Å². The van der Waals surface area contributed by atoms with E-state index in [1.807, 2.05) is 6.07 Å². The number of oxime groups is 1. The second-order valence-electron chi connectivity index (χ2n) is 4.88. The fourth-order valence-electron chi connectivity index (χ4n) is 1.82. The Balaban J connectivity index is 1.85. The van der Waals surface area contributed by atoms with E-state index in [4.69, 9.17) is 10.1 Å². The molecule has 1 N–H and O–H groups in total. The Morgan fingerprint density at radius 3 is 2.60 bits per heavy atom. The largest absolute Gasteiger partial charge is 0.416 e. The molecule has 0 aliphatic carbocycles. The molecule has 5 nitrogen and oxygen atoms in total. The van der Waals surface area contributed by atoms with Gasteiger partial charge in [-0.25, -0.2) is 0 Å². The Bertz CT molecular complexity index is 809. The predicted molar refractivity (Wildman–Crippen MR) is 84.5 cm³/mol. The highest BCUT2D eigenvalue weighted by atomic mass is 19.4. The van der Waals surface area contributed by atoms with Gasteiger partial charge in [-0.2, -0.15) is 18.4 Å². The van der Waals surface area contributed by atoms with Crippen LogP contribution in [0.2, 0.25) is 0 Å². The summed E-state index contributed by atoms with van der Waals surface area (Å²) in [5.74, 6) is -0.723. The number of anilines is 1. The molecule has 0 unspecified atom stereocenters. The van der Waals surface area contributed by atoms with Crippen LogP contribution in [0.1, 0.15) is 16.7 Å². The van der Waals surface area contributed by atoms with Gasteiger partial charge in [0.2, 0.25) is 0 Å². The molecular weight excluding hydrogens is 335 g/mol. The number of amides is 1. The number of nitrogens with one attached hydrogen (secondary N) is 1. The molecule has 0 heterocycles. The number of nitriles is 1. The van der Waals surface area contributed by atoms with Crippen molar-refractivity contribution in [3.8, 4) is 6.07 Å². The van der Waals surface area contributed by atoms with Crippen LogP contribution in [-0.2, 0) is 22.4 Å². The molecule has 25 heavy (non-hydrogen) atoms. The topological polar surface area (TPSA) is 74.5 Å². The van der Waals surface area contributed by atoms with E-state index >= 15 is 0 Å². The average Bonchev–Trinajstić information content (AvgIpc) is 2.59. The van der Waals surface area contributed by atoms with Gasteiger partial charge in [0.15, 0.2) is 0 Å². The summed E-state index contributed by atoms with van der Waals surface area (Å²) in [6, 6.07) is 12.8. The van der Waals surface area contributed by atoms with Gasteiger partial charge in [-0.3, -0.25) is 4.79 Å². The van der Waals surface area contributed by atoms with Crippen LogP contribution < -0.4 is 5.32 Å². The summed E-state index contributed by atoms with van der Waals surface area (Å²) in [6.07, 6.45) is -3.66. The maximum atomic E-state index is 12.6. The van der Waals surface area contributed by atoms with Crippen molar-refractivity contribution >= 4 is 17.8 Å². The molecule has 0 atom stereocenters. The maximum absolute atomic E-state index is 12.6. The van der Waals surface area contributed by atoms with Crippen LogP contribution in [0.25, 0.3) is 0 Å². The first-order chi connectivity index (χ1) is 11.9. The molecule has 0 saturated carbocycles. The SMILES string of the molecule is N#Cc1ccc(CON=CC(=O)Nc2cccc(C(F)(F)F)c2)cc1. The number of alkyl halides is 3. The van der Waals surface area contributed by atoms with Crippen molar-refractivity contribution in [2.24, 2.45) is 5.16 Å². The van der Waals surface area contributed by atoms with Gasteiger partial charge >= 0.3 is 6.18 Å². The molecule has 0 aliphatic rings. The molecule has 0 aliphatic heterocycles. The van der Waals surface area contributed by atoms with Crippen molar-refractivity contribution in [1.82, 2.24) is 0 Å². The monoisotopic (exact) mass is 347 g/mol. The molecule has 2 rings (SSSR count). The lowest BCUT2D eigenvalue weighted by Gasteiger charge is -2.08. The summed E-state index contributed by atoms with van der Waals surface area (Å²) in [7, 11) is 0. The van der Waals surface area contributed by atoms with Crippen LogP contribution in [0.3, 0.4) is 0 Å². The highest BCUT2D eigenvalue weighted by Crippen LogP contribution is 2.30. The molecule has 8 heteroatoms. The summed E-state index contributed by atoms with van der Waals surface area (Å²) >= 11 is 0. The van der Waals surface area contributed by atoms with Crippen LogP contribution >= 0.6 is 0 Å². The van der Waals surface area contributed by atoms with Crippen molar-refractivity contribution in [3.63, 3.8) is 0 Å². The number of carbonyl (C=O) groups is 1. The first kappa shape index (κ1) is 18.0. The zero-order valence-electron chi connectivity index (χ0n) is 12.7. The van der Waals surface area contributed by atoms with Gasteiger partial charge in [-0.05, 0) is 35.9 Å². The Morgan fingerprint density at radius 2 is 1.96 bits per heavy atom. The molecular formula is C17H12F3N3O2. The van der Waals surface area contributed by atoms with E-state index in [1.165, 1.54) is 12.1 Å². The van der Waals surface area contributed by atoms with E-state index in [1.54, 1.807) is 24.3 Å². The van der Waals surface area contributed by atoms with Gasteiger partial charge in [0.05, 0.1) is 17.2 Å². The Kier molecular flexibility index (Phi) is 5.74. The zero-order valence-corrected chi connectivity index (χ0v) is 12.7. The molecule has 1 amide bonds. The summed E-state index contributed by atoms with van der Waals surface area (Å²) in [5, 5.41) is 14.4. The third kappa shape index (κ3) is 5.66.